The number of nitrogens with one attached hydrogen (secondary N) is 3. The molecular weight excluding hydrogens is 304 g/mol. The highest BCUT2D eigenvalue weighted by Gasteiger charge is 2.25. The number of piperidine rings is 1. The van der Waals surface area contributed by atoms with Gasteiger partial charge in [0.05, 0.1) is 6.54 Å². The van der Waals surface area contributed by atoms with E-state index in [4.69, 9.17) is 0 Å². The van der Waals surface area contributed by atoms with E-state index in [1.807, 2.05) is 0 Å². The van der Waals surface area contributed by atoms with Gasteiger partial charge >= 0.3 is 6.03 Å². The summed E-state index contributed by atoms with van der Waals surface area (Å²) in [7, 11) is 0. The summed E-state index contributed by atoms with van der Waals surface area (Å²) >= 11 is 0. The van der Waals surface area contributed by atoms with E-state index in [0.29, 0.717) is 12.6 Å². The largest absolute Gasteiger partial charge is 0.334 e. The summed E-state index contributed by atoms with van der Waals surface area (Å²) < 4.78 is 0. The van der Waals surface area contributed by atoms with Crippen LogP contribution in [0.2, 0.25) is 0 Å². The number of carbonyl (C=O) groups is 2. The van der Waals surface area contributed by atoms with Crippen LogP contribution in [0.3, 0.4) is 0 Å². The molecular formula is C15H27ClN4O2. The van der Waals surface area contributed by atoms with E-state index in [-0.39, 0.29) is 24.9 Å². The summed E-state index contributed by atoms with van der Waals surface area (Å²) in [6.45, 7) is 7.11. The summed E-state index contributed by atoms with van der Waals surface area (Å²) in [5.41, 5.74) is 0. The maximum atomic E-state index is 11.7. The van der Waals surface area contributed by atoms with Crippen LogP contribution < -0.4 is 16.0 Å². The molecule has 0 unspecified atom stereocenters. The molecule has 126 valence electrons. The molecule has 2 aliphatic rings. The Bertz CT molecular complexity index is 380. The van der Waals surface area contributed by atoms with Gasteiger partial charge < -0.3 is 10.6 Å². The van der Waals surface area contributed by atoms with Crippen LogP contribution in [0.5, 0.6) is 0 Å². The van der Waals surface area contributed by atoms with Crippen molar-refractivity contribution in [1.29, 1.82) is 0 Å². The molecule has 0 aromatic carbocycles. The minimum Gasteiger partial charge on any atom is -0.334 e. The highest BCUT2D eigenvalue weighted by atomic mass is 35.5. The summed E-state index contributed by atoms with van der Waals surface area (Å²) in [6, 6.07) is 0.127. The number of carbonyl (C=O) groups excluding carboxylic acids is 2. The van der Waals surface area contributed by atoms with Gasteiger partial charge in [-0.3, -0.25) is 15.0 Å². The molecule has 1 aliphatic carbocycles. The van der Waals surface area contributed by atoms with Crippen LogP contribution in [-0.2, 0) is 4.79 Å². The summed E-state index contributed by atoms with van der Waals surface area (Å²) in [5, 5.41) is 8.46. The monoisotopic (exact) mass is 330 g/mol. The normalized spacial score (nSPS) is 19.1. The molecule has 6 nitrogen and oxygen atoms in total. The van der Waals surface area contributed by atoms with Gasteiger partial charge in [-0.05, 0) is 38.1 Å². The van der Waals surface area contributed by atoms with Gasteiger partial charge in [0.1, 0.15) is 0 Å². The fraction of sp³-hybridized carbons (Fsp3) is 0.733. The van der Waals surface area contributed by atoms with Crippen molar-refractivity contribution < 1.29 is 9.59 Å². The van der Waals surface area contributed by atoms with E-state index in [1.165, 1.54) is 12.8 Å². The van der Waals surface area contributed by atoms with Gasteiger partial charge in [-0.15, -0.1) is 19.0 Å². The van der Waals surface area contributed by atoms with Gasteiger partial charge in [0.2, 0.25) is 5.91 Å². The number of rotatable bonds is 7. The van der Waals surface area contributed by atoms with Crippen molar-refractivity contribution in [3.05, 3.63) is 12.7 Å². The molecule has 2 rings (SSSR count). The van der Waals surface area contributed by atoms with Crippen LogP contribution in [0.4, 0.5) is 4.79 Å². The van der Waals surface area contributed by atoms with E-state index in [1.54, 1.807) is 6.08 Å². The Labute approximate surface area is 138 Å². The van der Waals surface area contributed by atoms with Crippen LogP contribution in [0, 0.1) is 5.92 Å². The van der Waals surface area contributed by atoms with Crippen molar-refractivity contribution in [3.8, 4) is 0 Å². The lowest BCUT2D eigenvalue weighted by Gasteiger charge is -2.31. The number of hydrogen-bond donors (Lipinski definition) is 3. The summed E-state index contributed by atoms with van der Waals surface area (Å²) in [4.78, 5) is 25.2. The van der Waals surface area contributed by atoms with Crippen molar-refractivity contribution in [3.63, 3.8) is 0 Å². The lowest BCUT2D eigenvalue weighted by molar-refractivity contribution is -0.121. The van der Waals surface area contributed by atoms with Crippen LogP contribution in [0.25, 0.3) is 0 Å². The van der Waals surface area contributed by atoms with Gasteiger partial charge in [-0.1, -0.05) is 6.08 Å². The predicted octanol–water partition coefficient (Wildman–Crippen LogP) is 0.884. The van der Waals surface area contributed by atoms with Crippen molar-refractivity contribution in [2.75, 3.05) is 32.7 Å². The first kappa shape index (κ1) is 18.9. The zero-order valence-electron chi connectivity index (χ0n) is 13.0. The zero-order valence-corrected chi connectivity index (χ0v) is 13.8. The average Bonchev–Trinajstić information content (AvgIpc) is 3.28. The van der Waals surface area contributed by atoms with Crippen LogP contribution >= 0.6 is 12.4 Å². The lowest BCUT2D eigenvalue weighted by Crippen LogP contribution is -2.48. The second-order valence-electron chi connectivity index (χ2n) is 5.95. The van der Waals surface area contributed by atoms with Gasteiger partial charge in [-0.2, -0.15) is 0 Å². The molecule has 1 aliphatic heterocycles. The lowest BCUT2D eigenvalue weighted by atomic mass is 10.0. The average molecular weight is 331 g/mol. The second-order valence-corrected chi connectivity index (χ2v) is 5.95. The molecule has 0 spiro atoms. The first-order chi connectivity index (χ1) is 10.2. The van der Waals surface area contributed by atoms with E-state index in [0.717, 1.165) is 38.4 Å². The fourth-order valence-electron chi connectivity index (χ4n) is 2.53. The maximum Gasteiger partial charge on any atom is 0.321 e. The molecule has 0 aromatic rings. The molecule has 1 heterocycles. The van der Waals surface area contributed by atoms with E-state index >= 15 is 0 Å². The van der Waals surface area contributed by atoms with E-state index in [2.05, 4.69) is 27.4 Å². The van der Waals surface area contributed by atoms with Gasteiger partial charge in [0.15, 0.2) is 0 Å². The zero-order chi connectivity index (χ0) is 15.1. The number of likely N-dealkylation sites (tertiary alicyclic amines) is 1. The van der Waals surface area contributed by atoms with Gasteiger partial charge in [-0.25, -0.2) is 4.79 Å². The van der Waals surface area contributed by atoms with Crippen molar-refractivity contribution in [2.45, 2.75) is 31.7 Å². The number of hydrogen-bond acceptors (Lipinski definition) is 4. The molecule has 22 heavy (non-hydrogen) atoms. The molecule has 2 fully saturated rings. The second kappa shape index (κ2) is 9.82. The maximum absolute atomic E-state index is 11.7. The Kier molecular flexibility index (Phi) is 8.45. The summed E-state index contributed by atoms with van der Waals surface area (Å²) in [6.07, 6.45) is 6.47. The Balaban J connectivity index is 0.00000242. The van der Waals surface area contributed by atoms with Crippen LogP contribution in [-0.4, -0.2) is 55.6 Å². The molecule has 0 atom stereocenters. The first-order valence-electron chi connectivity index (χ1n) is 7.81. The molecule has 3 N–H and O–H groups in total. The molecule has 3 amide bonds. The number of halogens is 1. The molecule has 1 saturated carbocycles. The molecule has 0 aromatic heterocycles. The fourth-order valence-corrected chi connectivity index (χ4v) is 2.53. The number of urea groups is 1. The van der Waals surface area contributed by atoms with Crippen molar-refractivity contribution >= 4 is 24.3 Å². The van der Waals surface area contributed by atoms with Crippen LogP contribution in [0.1, 0.15) is 25.7 Å². The Morgan fingerprint density at radius 1 is 1.18 bits per heavy atom. The number of amides is 3. The summed E-state index contributed by atoms with van der Waals surface area (Å²) in [5.74, 6) is 0.656. The molecule has 0 bridgehead atoms. The topological polar surface area (TPSA) is 73.5 Å². The minimum atomic E-state index is -0.458. The predicted molar refractivity (Wildman–Crippen MR) is 89.2 cm³/mol. The van der Waals surface area contributed by atoms with Gasteiger partial charge in [0, 0.05) is 25.7 Å². The smallest absolute Gasteiger partial charge is 0.321 e. The highest BCUT2D eigenvalue weighted by molar-refractivity contribution is 5.95. The molecule has 0 radical (unpaired) electrons. The Morgan fingerprint density at radius 3 is 2.45 bits per heavy atom. The quantitative estimate of drug-likeness (QED) is 0.606. The Morgan fingerprint density at radius 2 is 1.86 bits per heavy atom. The van der Waals surface area contributed by atoms with E-state index in [9.17, 15) is 9.59 Å². The SMILES string of the molecule is C=CCNC(=O)NC(=O)CN1CCC(NCC2CC2)CC1.Cl. The third kappa shape index (κ3) is 7.24. The van der Waals surface area contributed by atoms with Gasteiger partial charge in [0.25, 0.3) is 0 Å². The minimum absolute atomic E-state index is 0. The third-order valence-electron chi connectivity index (χ3n) is 4.01. The third-order valence-corrected chi connectivity index (χ3v) is 4.01. The standard InChI is InChI=1S/C15H26N4O2.ClH/c1-2-7-16-15(21)18-14(20)11-19-8-5-13(6-9-19)17-10-12-3-4-12;/h2,12-13,17H,1,3-11H2,(H2,16,18,20,21);1H. The first-order valence-corrected chi connectivity index (χ1v) is 7.81. The van der Waals surface area contributed by atoms with Crippen molar-refractivity contribution in [1.82, 2.24) is 20.9 Å². The van der Waals surface area contributed by atoms with Crippen molar-refractivity contribution in [2.24, 2.45) is 5.92 Å². The van der Waals surface area contributed by atoms with E-state index < -0.39 is 6.03 Å². The van der Waals surface area contributed by atoms with Crippen LogP contribution in [0.15, 0.2) is 12.7 Å². The number of nitrogens with zero attached hydrogens (tertiary/aromatic N) is 1. The highest BCUT2D eigenvalue weighted by Crippen LogP contribution is 2.28. The molecule has 7 heteroatoms. The number of imide groups is 1. The molecule has 1 saturated heterocycles. The Hall–Kier alpha value is -1.11.